The third-order valence-electron chi connectivity index (χ3n) is 2.60. The van der Waals surface area contributed by atoms with E-state index >= 15 is 0 Å². The number of benzene rings is 1. The molecule has 0 atom stereocenters. The first-order chi connectivity index (χ1) is 7.75. The molecule has 2 heterocycles. The van der Waals surface area contributed by atoms with E-state index in [4.69, 9.17) is 14.7 Å². The molecule has 0 radical (unpaired) electrons. The maximum Gasteiger partial charge on any atom is 0.224 e. The van der Waals surface area contributed by atoms with Crippen LogP contribution in [0.5, 0.6) is 0 Å². The average Bonchev–Trinajstić information content (AvgIpc) is 2.84. The Morgan fingerprint density at radius 1 is 1.31 bits per heavy atom. The van der Waals surface area contributed by atoms with E-state index in [-0.39, 0.29) is 0 Å². The van der Waals surface area contributed by atoms with Crippen LogP contribution in [0.4, 0.5) is 5.69 Å². The molecule has 0 aliphatic carbocycles. The largest absolute Gasteiger partial charge is 0.453 e. The molecule has 0 aliphatic rings. The van der Waals surface area contributed by atoms with Gasteiger partial charge in [0, 0.05) is 5.39 Å². The summed E-state index contributed by atoms with van der Waals surface area (Å²) in [6.07, 6.45) is 1.47. The predicted octanol–water partition coefficient (Wildman–Crippen LogP) is 2.98. The van der Waals surface area contributed by atoms with Crippen molar-refractivity contribution < 1.29 is 8.94 Å². The van der Waals surface area contributed by atoms with Crippen LogP contribution in [0.15, 0.2) is 39.4 Å². The first-order valence-corrected chi connectivity index (χ1v) is 4.95. The lowest BCUT2D eigenvalue weighted by atomic mass is 10.1. The third-order valence-corrected chi connectivity index (χ3v) is 2.60. The van der Waals surface area contributed by atoms with Crippen LogP contribution in [0.2, 0.25) is 0 Å². The van der Waals surface area contributed by atoms with Gasteiger partial charge >= 0.3 is 0 Å². The van der Waals surface area contributed by atoms with E-state index in [2.05, 4.69) is 5.16 Å². The van der Waals surface area contributed by atoms with Gasteiger partial charge in [0.05, 0.1) is 6.20 Å². The van der Waals surface area contributed by atoms with Gasteiger partial charge in [0.2, 0.25) is 5.76 Å². The summed E-state index contributed by atoms with van der Waals surface area (Å²) in [5.41, 5.74) is 8.18. The van der Waals surface area contributed by atoms with Gasteiger partial charge in [-0.3, -0.25) is 0 Å². The Kier molecular flexibility index (Phi) is 1.77. The molecule has 4 heteroatoms. The fraction of sp³-hybridized carbons (Fsp3) is 0.0833. The number of nitrogens with zero attached hydrogens (tertiary/aromatic N) is 1. The first kappa shape index (κ1) is 9.03. The molecule has 0 spiro atoms. The minimum Gasteiger partial charge on any atom is -0.453 e. The molecule has 0 amide bonds. The fourth-order valence-corrected chi connectivity index (χ4v) is 1.75. The van der Waals surface area contributed by atoms with Crippen molar-refractivity contribution in [1.29, 1.82) is 0 Å². The molecule has 3 rings (SSSR count). The Hall–Kier alpha value is -2.23. The maximum atomic E-state index is 5.72. The lowest BCUT2D eigenvalue weighted by Crippen LogP contribution is -1.82. The number of furan rings is 1. The normalized spacial score (nSPS) is 11.1. The lowest BCUT2D eigenvalue weighted by Gasteiger charge is -1.90. The monoisotopic (exact) mass is 214 g/mol. The van der Waals surface area contributed by atoms with E-state index in [9.17, 15) is 0 Å². The van der Waals surface area contributed by atoms with Gasteiger partial charge in [0.1, 0.15) is 11.3 Å². The SMILES string of the molecule is Cc1cccc2oc(-c3oncc3N)cc12. The van der Waals surface area contributed by atoms with Gasteiger partial charge < -0.3 is 14.7 Å². The smallest absolute Gasteiger partial charge is 0.224 e. The van der Waals surface area contributed by atoms with Crippen LogP contribution in [0.3, 0.4) is 0 Å². The molecule has 2 aromatic heterocycles. The van der Waals surface area contributed by atoms with Crippen molar-refractivity contribution in [3.63, 3.8) is 0 Å². The van der Waals surface area contributed by atoms with Crippen LogP contribution in [0.1, 0.15) is 5.56 Å². The molecular formula is C12H10N2O2. The van der Waals surface area contributed by atoms with Crippen molar-refractivity contribution >= 4 is 16.7 Å². The summed E-state index contributed by atoms with van der Waals surface area (Å²) in [5, 5.41) is 4.69. The summed E-state index contributed by atoms with van der Waals surface area (Å²) < 4.78 is 10.7. The molecule has 0 unspecified atom stereocenters. The molecule has 0 fully saturated rings. The van der Waals surface area contributed by atoms with E-state index in [1.54, 1.807) is 0 Å². The highest BCUT2D eigenvalue weighted by Crippen LogP contribution is 2.32. The number of anilines is 1. The number of hydrogen-bond donors (Lipinski definition) is 1. The summed E-state index contributed by atoms with van der Waals surface area (Å²) in [4.78, 5) is 0. The summed E-state index contributed by atoms with van der Waals surface area (Å²) in [6, 6.07) is 7.82. The zero-order chi connectivity index (χ0) is 11.1. The van der Waals surface area contributed by atoms with Crippen molar-refractivity contribution in [1.82, 2.24) is 5.16 Å². The van der Waals surface area contributed by atoms with Crippen LogP contribution in [0, 0.1) is 6.92 Å². The van der Waals surface area contributed by atoms with Crippen molar-refractivity contribution in [2.75, 3.05) is 5.73 Å². The second-order valence-electron chi connectivity index (χ2n) is 3.71. The second-order valence-corrected chi connectivity index (χ2v) is 3.71. The van der Waals surface area contributed by atoms with Crippen LogP contribution >= 0.6 is 0 Å². The molecule has 0 saturated carbocycles. The Labute approximate surface area is 91.6 Å². The van der Waals surface area contributed by atoms with Gasteiger partial charge in [-0.15, -0.1) is 0 Å². The molecule has 2 N–H and O–H groups in total. The molecule has 0 saturated heterocycles. The highest BCUT2D eigenvalue weighted by Gasteiger charge is 2.14. The molecular weight excluding hydrogens is 204 g/mol. The van der Waals surface area contributed by atoms with Gasteiger partial charge in [0.15, 0.2) is 5.76 Å². The summed E-state index contributed by atoms with van der Waals surface area (Å²) in [5.74, 6) is 1.09. The third kappa shape index (κ3) is 1.20. The van der Waals surface area contributed by atoms with E-state index in [0.717, 1.165) is 16.5 Å². The topological polar surface area (TPSA) is 65.2 Å². The number of nitrogens with two attached hydrogens (primary N) is 1. The van der Waals surface area contributed by atoms with Crippen LogP contribution in [-0.2, 0) is 0 Å². The molecule has 80 valence electrons. The Morgan fingerprint density at radius 3 is 2.88 bits per heavy atom. The maximum absolute atomic E-state index is 5.72. The number of hydrogen-bond acceptors (Lipinski definition) is 4. The highest BCUT2D eigenvalue weighted by atomic mass is 16.5. The van der Waals surface area contributed by atoms with E-state index in [1.807, 2.05) is 31.2 Å². The quantitative estimate of drug-likeness (QED) is 0.676. The summed E-state index contributed by atoms with van der Waals surface area (Å²) >= 11 is 0. The second kappa shape index (κ2) is 3.13. The van der Waals surface area contributed by atoms with Crippen LogP contribution in [-0.4, -0.2) is 5.16 Å². The number of aryl methyl sites for hydroxylation is 1. The lowest BCUT2D eigenvalue weighted by molar-refractivity contribution is 0.421. The van der Waals surface area contributed by atoms with Gasteiger partial charge in [-0.05, 0) is 24.6 Å². The van der Waals surface area contributed by atoms with E-state index < -0.39 is 0 Å². The molecule has 16 heavy (non-hydrogen) atoms. The Balaban J connectivity index is 2.27. The summed E-state index contributed by atoms with van der Waals surface area (Å²) in [6.45, 7) is 2.03. The average molecular weight is 214 g/mol. The van der Waals surface area contributed by atoms with E-state index in [1.165, 1.54) is 6.20 Å². The van der Waals surface area contributed by atoms with Crippen LogP contribution < -0.4 is 5.73 Å². The van der Waals surface area contributed by atoms with Crippen molar-refractivity contribution in [2.45, 2.75) is 6.92 Å². The standard InChI is InChI=1S/C12H10N2O2/c1-7-3-2-4-10-8(7)5-11(15-10)12-9(13)6-14-16-12/h2-6H,13H2,1H3. The van der Waals surface area contributed by atoms with Gasteiger partial charge in [-0.1, -0.05) is 17.3 Å². The minimum absolute atomic E-state index is 0.482. The Morgan fingerprint density at radius 2 is 2.19 bits per heavy atom. The van der Waals surface area contributed by atoms with Gasteiger partial charge in [-0.2, -0.15) is 0 Å². The molecule has 4 nitrogen and oxygen atoms in total. The van der Waals surface area contributed by atoms with Crippen molar-refractivity contribution in [2.24, 2.45) is 0 Å². The van der Waals surface area contributed by atoms with Crippen molar-refractivity contribution in [3.05, 3.63) is 36.0 Å². The van der Waals surface area contributed by atoms with Crippen molar-refractivity contribution in [3.8, 4) is 11.5 Å². The number of rotatable bonds is 1. The van der Waals surface area contributed by atoms with Gasteiger partial charge in [0.25, 0.3) is 0 Å². The zero-order valence-electron chi connectivity index (χ0n) is 8.73. The zero-order valence-corrected chi connectivity index (χ0v) is 8.73. The predicted molar refractivity (Wildman–Crippen MR) is 60.9 cm³/mol. The number of fused-ring (bicyclic) bond motifs is 1. The molecule has 0 bridgehead atoms. The number of aromatic nitrogens is 1. The molecule has 0 aliphatic heterocycles. The fourth-order valence-electron chi connectivity index (χ4n) is 1.75. The van der Waals surface area contributed by atoms with Crippen LogP contribution in [0.25, 0.3) is 22.5 Å². The molecule has 1 aromatic carbocycles. The Bertz CT molecular complexity index is 652. The molecule has 3 aromatic rings. The van der Waals surface area contributed by atoms with E-state index in [0.29, 0.717) is 17.2 Å². The highest BCUT2D eigenvalue weighted by molar-refractivity contribution is 5.86. The number of nitrogen functional groups attached to an aromatic ring is 1. The summed E-state index contributed by atoms with van der Waals surface area (Å²) in [7, 11) is 0. The first-order valence-electron chi connectivity index (χ1n) is 4.95. The van der Waals surface area contributed by atoms with Gasteiger partial charge in [-0.25, -0.2) is 0 Å². The minimum atomic E-state index is 0.482.